The fourth-order valence-electron chi connectivity index (χ4n) is 2.81. The summed E-state index contributed by atoms with van der Waals surface area (Å²) in [5.41, 5.74) is 1.06. The number of nitrogens with zero attached hydrogens (tertiary/aromatic N) is 1. The molecule has 0 unspecified atom stereocenters. The summed E-state index contributed by atoms with van der Waals surface area (Å²) in [6.07, 6.45) is 12.9. The summed E-state index contributed by atoms with van der Waals surface area (Å²) >= 11 is 0. The third kappa shape index (κ3) is 5.02. The van der Waals surface area contributed by atoms with Crippen LogP contribution >= 0.6 is 0 Å². The van der Waals surface area contributed by atoms with Crippen LogP contribution in [0.25, 0.3) is 0 Å². The van der Waals surface area contributed by atoms with Gasteiger partial charge in [0.1, 0.15) is 5.69 Å². The van der Waals surface area contributed by atoms with Crippen LogP contribution in [-0.4, -0.2) is 23.1 Å². The summed E-state index contributed by atoms with van der Waals surface area (Å²) in [4.78, 5) is 28.3. The molecule has 1 aromatic heterocycles. The first-order valence-corrected chi connectivity index (χ1v) is 8.73. The number of ketones is 2. The number of Topliss-reactive ketones (excluding diaryl/α,β-unsaturated/α-hetero) is 1. The summed E-state index contributed by atoms with van der Waals surface area (Å²) in [7, 11) is 0. The third-order valence-electron chi connectivity index (χ3n) is 4.15. The minimum Gasteiger partial charge on any atom is -0.382 e. The van der Waals surface area contributed by atoms with Gasteiger partial charge in [-0.2, -0.15) is 0 Å². The lowest BCUT2D eigenvalue weighted by atomic mass is 9.97. The standard InChI is InChI=1S/C19H26N2O2/c1-2-3-4-5-6-7-8-9-12-20-16-14-17(22)18-15(19(16)23)11-10-13-21-18/h10-11,13-14,20H,2-9,12H2,1H3. The molecule has 0 amide bonds. The van der Waals surface area contributed by atoms with Crippen molar-refractivity contribution >= 4 is 11.6 Å². The minimum atomic E-state index is -0.196. The number of carbonyl (C=O) groups excluding carboxylic acids is 2. The molecule has 0 spiro atoms. The molecular formula is C19H26N2O2. The first kappa shape index (κ1) is 17.4. The average molecular weight is 314 g/mol. The van der Waals surface area contributed by atoms with Crippen molar-refractivity contribution in [2.45, 2.75) is 58.3 Å². The molecule has 4 nitrogen and oxygen atoms in total. The molecule has 2 rings (SSSR count). The molecule has 23 heavy (non-hydrogen) atoms. The Kier molecular flexibility index (Phi) is 6.98. The molecule has 1 aliphatic carbocycles. The van der Waals surface area contributed by atoms with E-state index in [2.05, 4.69) is 17.2 Å². The van der Waals surface area contributed by atoms with Gasteiger partial charge >= 0.3 is 0 Å². The van der Waals surface area contributed by atoms with Gasteiger partial charge in [-0.25, -0.2) is 0 Å². The van der Waals surface area contributed by atoms with Gasteiger partial charge in [0, 0.05) is 18.8 Å². The van der Waals surface area contributed by atoms with Crippen LogP contribution in [0, 0.1) is 0 Å². The van der Waals surface area contributed by atoms with Crippen LogP contribution in [0.3, 0.4) is 0 Å². The summed E-state index contributed by atoms with van der Waals surface area (Å²) in [6.45, 7) is 2.96. The van der Waals surface area contributed by atoms with Crippen molar-refractivity contribution in [1.82, 2.24) is 10.3 Å². The van der Waals surface area contributed by atoms with Gasteiger partial charge in [-0.3, -0.25) is 14.6 Å². The fourth-order valence-corrected chi connectivity index (χ4v) is 2.81. The zero-order valence-electron chi connectivity index (χ0n) is 13.9. The van der Waals surface area contributed by atoms with Crippen molar-refractivity contribution in [2.24, 2.45) is 0 Å². The Morgan fingerprint density at radius 1 is 1.00 bits per heavy atom. The Balaban J connectivity index is 1.69. The molecule has 1 N–H and O–H groups in total. The predicted molar refractivity (Wildman–Crippen MR) is 91.6 cm³/mol. The van der Waals surface area contributed by atoms with E-state index in [4.69, 9.17) is 0 Å². The maximum atomic E-state index is 12.3. The van der Waals surface area contributed by atoms with E-state index in [0.717, 1.165) is 19.4 Å². The lowest BCUT2D eigenvalue weighted by Crippen LogP contribution is -2.28. The molecular weight excluding hydrogens is 288 g/mol. The molecule has 0 atom stereocenters. The maximum absolute atomic E-state index is 12.3. The summed E-state index contributed by atoms with van der Waals surface area (Å²) in [6, 6.07) is 3.35. The molecule has 1 heterocycles. The van der Waals surface area contributed by atoms with Crippen molar-refractivity contribution in [3.8, 4) is 0 Å². The van der Waals surface area contributed by atoms with E-state index in [9.17, 15) is 9.59 Å². The zero-order chi connectivity index (χ0) is 16.5. The molecule has 1 aromatic rings. The summed E-state index contributed by atoms with van der Waals surface area (Å²) < 4.78 is 0. The molecule has 0 radical (unpaired) electrons. The van der Waals surface area contributed by atoms with Crippen LogP contribution in [-0.2, 0) is 0 Å². The third-order valence-corrected chi connectivity index (χ3v) is 4.15. The number of rotatable bonds is 10. The Hall–Kier alpha value is -1.97. The van der Waals surface area contributed by atoms with Crippen LogP contribution in [0.15, 0.2) is 30.1 Å². The first-order valence-electron chi connectivity index (χ1n) is 8.73. The molecule has 124 valence electrons. The van der Waals surface area contributed by atoms with E-state index in [1.54, 1.807) is 12.1 Å². The molecule has 0 aliphatic heterocycles. The zero-order valence-corrected chi connectivity index (χ0v) is 13.9. The van der Waals surface area contributed by atoms with Crippen molar-refractivity contribution in [3.63, 3.8) is 0 Å². The van der Waals surface area contributed by atoms with Gasteiger partial charge in [0.15, 0.2) is 0 Å². The van der Waals surface area contributed by atoms with Crippen LogP contribution in [0.5, 0.6) is 0 Å². The second kappa shape index (κ2) is 9.23. The molecule has 0 saturated heterocycles. The van der Waals surface area contributed by atoms with Crippen molar-refractivity contribution in [2.75, 3.05) is 6.54 Å². The number of hydrogen-bond donors (Lipinski definition) is 1. The number of carbonyl (C=O) groups is 2. The highest BCUT2D eigenvalue weighted by Crippen LogP contribution is 2.17. The van der Waals surface area contributed by atoms with Gasteiger partial charge in [0.2, 0.25) is 11.6 Å². The largest absolute Gasteiger partial charge is 0.382 e. The Labute approximate surface area is 138 Å². The first-order chi connectivity index (χ1) is 11.2. The van der Waals surface area contributed by atoms with Crippen LogP contribution in [0.4, 0.5) is 0 Å². The number of nitrogens with one attached hydrogen (secondary N) is 1. The molecule has 0 bridgehead atoms. The van der Waals surface area contributed by atoms with E-state index >= 15 is 0 Å². The lowest BCUT2D eigenvalue weighted by molar-refractivity contribution is 0.0975. The molecule has 0 fully saturated rings. The highest BCUT2D eigenvalue weighted by atomic mass is 16.1. The van der Waals surface area contributed by atoms with E-state index in [1.165, 1.54) is 50.8 Å². The SMILES string of the molecule is CCCCCCCCCCNC1=CC(=O)c2ncccc2C1=O. The fraction of sp³-hybridized carbons (Fsp3) is 0.526. The van der Waals surface area contributed by atoms with Crippen molar-refractivity contribution < 1.29 is 9.59 Å². The highest BCUT2D eigenvalue weighted by Gasteiger charge is 2.25. The number of allylic oxidation sites excluding steroid dienone is 2. The van der Waals surface area contributed by atoms with Gasteiger partial charge in [-0.05, 0) is 18.6 Å². The van der Waals surface area contributed by atoms with Crippen molar-refractivity contribution in [1.29, 1.82) is 0 Å². The summed E-state index contributed by atoms with van der Waals surface area (Å²) in [5.74, 6) is -0.328. The molecule has 0 aromatic carbocycles. The average Bonchev–Trinajstić information content (AvgIpc) is 2.57. The predicted octanol–water partition coefficient (Wildman–Crippen LogP) is 4.07. The normalized spacial score (nSPS) is 13.7. The number of fused-ring (bicyclic) bond motifs is 1. The van der Waals surface area contributed by atoms with Gasteiger partial charge < -0.3 is 5.32 Å². The number of pyridine rings is 1. The summed E-state index contributed by atoms with van der Waals surface area (Å²) in [5, 5.41) is 3.12. The van der Waals surface area contributed by atoms with Crippen LogP contribution < -0.4 is 5.32 Å². The Bertz CT molecular complexity index is 578. The van der Waals surface area contributed by atoms with Gasteiger partial charge in [-0.1, -0.05) is 51.9 Å². The van der Waals surface area contributed by atoms with Gasteiger partial charge in [0.05, 0.1) is 11.3 Å². The number of hydrogen-bond acceptors (Lipinski definition) is 4. The highest BCUT2D eigenvalue weighted by molar-refractivity contribution is 6.23. The number of aromatic nitrogens is 1. The molecule has 0 saturated carbocycles. The number of unbranched alkanes of at least 4 members (excludes halogenated alkanes) is 7. The second-order valence-electron chi connectivity index (χ2n) is 6.05. The lowest BCUT2D eigenvalue weighted by Gasteiger charge is -2.15. The Morgan fingerprint density at radius 3 is 2.43 bits per heavy atom. The van der Waals surface area contributed by atoms with Crippen LogP contribution in [0.1, 0.15) is 79.1 Å². The second-order valence-corrected chi connectivity index (χ2v) is 6.05. The topological polar surface area (TPSA) is 59.1 Å². The van der Waals surface area contributed by atoms with Crippen LogP contribution in [0.2, 0.25) is 0 Å². The smallest absolute Gasteiger partial charge is 0.211 e. The minimum absolute atomic E-state index is 0.132. The van der Waals surface area contributed by atoms with E-state index < -0.39 is 0 Å². The maximum Gasteiger partial charge on any atom is 0.211 e. The van der Waals surface area contributed by atoms with E-state index in [-0.39, 0.29) is 17.3 Å². The van der Waals surface area contributed by atoms with E-state index in [0.29, 0.717) is 11.3 Å². The van der Waals surface area contributed by atoms with Gasteiger partial charge in [-0.15, -0.1) is 0 Å². The van der Waals surface area contributed by atoms with Crippen molar-refractivity contribution in [3.05, 3.63) is 41.4 Å². The monoisotopic (exact) mass is 314 g/mol. The van der Waals surface area contributed by atoms with E-state index in [1.807, 2.05) is 0 Å². The molecule has 4 heteroatoms. The quantitative estimate of drug-likeness (QED) is 0.661. The molecule has 1 aliphatic rings. The van der Waals surface area contributed by atoms with Gasteiger partial charge in [0.25, 0.3) is 0 Å². The Morgan fingerprint density at radius 2 is 1.70 bits per heavy atom.